The van der Waals surface area contributed by atoms with E-state index in [4.69, 9.17) is 9.47 Å². The molecule has 0 saturated heterocycles. The van der Waals surface area contributed by atoms with Crippen LogP contribution in [0.4, 0.5) is 0 Å². The van der Waals surface area contributed by atoms with Crippen LogP contribution in [-0.2, 0) is 14.3 Å². The first-order valence-corrected chi connectivity index (χ1v) is 9.61. The Labute approximate surface area is 160 Å². The summed E-state index contributed by atoms with van der Waals surface area (Å²) in [7, 11) is 0. The van der Waals surface area contributed by atoms with Gasteiger partial charge in [-0.15, -0.1) is 0 Å². The molecular formula is C22H28O5. The second kappa shape index (κ2) is 11.3. The fraction of sp³-hybridized carbons (Fsp3) is 0.455. The Hall–Kier alpha value is -2.40. The maximum Gasteiger partial charge on any atom is 0.339 e. The molecule has 5 nitrogen and oxygen atoms in total. The molecule has 1 atom stereocenters. The molecule has 0 amide bonds. The summed E-state index contributed by atoms with van der Waals surface area (Å²) in [6.07, 6.45) is 4.71. The van der Waals surface area contributed by atoms with Crippen molar-refractivity contribution >= 4 is 22.7 Å². The number of aliphatic hydroxyl groups is 1. The average molecular weight is 372 g/mol. The minimum atomic E-state index is -0.875. The minimum absolute atomic E-state index is 0.138. The van der Waals surface area contributed by atoms with Crippen molar-refractivity contribution in [1.82, 2.24) is 0 Å². The van der Waals surface area contributed by atoms with Gasteiger partial charge < -0.3 is 14.6 Å². The van der Waals surface area contributed by atoms with Crippen molar-refractivity contribution < 1.29 is 24.2 Å². The zero-order valence-corrected chi connectivity index (χ0v) is 15.9. The van der Waals surface area contributed by atoms with Crippen molar-refractivity contribution in [3.05, 3.63) is 48.0 Å². The average Bonchev–Trinajstić information content (AvgIpc) is 2.70. The van der Waals surface area contributed by atoms with E-state index < -0.39 is 18.7 Å². The first-order chi connectivity index (χ1) is 13.2. The molecule has 0 aliphatic rings. The van der Waals surface area contributed by atoms with Gasteiger partial charge in [0.15, 0.2) is 6.10 Å². The molecule has 146 valence electrons. The van der Waals surface area contributed by atoms with E-state index in [9.17, 15) is 14.7 Å². The van der Waals surface area contributed by atoms with Crippen LogP contribution >= 0.6 is 0 Å². The van der Waals surface area contributed by atoms with E-state index in [-0.39, 0.29) is 12.6 Å². The van der Waals surface area contributed by atoms with Crippen LogP contribution in [0.5, 0.6) is 0 Å². The van der Waals surface area contributed by atoms with Gasteiger partial charge in [0.05, 0.1) is 12.2 Å². The third-order valence-corrected chi connectivity index (χ3v) is 4.40. The number of esters is 2. The Morgan fingerprint density at radius 3 is 2.52 bits per heavy atom. The molecule has 0 saturated carbocycles. The Balaban J connectivity index is 1.83. The van der Waals surface area contributed by atoms with E-state index in [0.717, 1.165) is 36.5 Å². The Kier molecular flexibility index (Phi) is 8.78. The Morgan fingerprint density at radius 1 is 1.00 bits per heavy atom. The summed E-state index contributed by atoms with van der Waals surface area (Å²) in [4.78, 5) is 24.3. The molecule has 0 spiro atoms. The summed E-state index contributed by atoms with van der Waals surface area (Å²) in [5.41, 5.74) is 0.425. The Morgan fingerprint density at radius 2 is 1.74 bits per heavy atom. The summed E-state index contributed by atoms with van der Waals surface area (Å²) in [5.74, 6) is -0.868. The highest BCUT2D eigenvalue weighted by Crippen LogP contribution is 2.19. The van der Waals surface area contributed by atoms with Gasteiger partial charge in [-0.2, -0.15) is 0 Å². The largest absolute Gasteiger partial charge is 0.462 e. The number of carbonyl (C=O) groups excluding carboxylic acids is 2. The molecule has 1 N–H and O–H groups in total. The van der Waals surface area contributed by atoms with Crippen LogP contribution in [0, 0.1) is 0 Å². The smallest absolute Gasteiger partial charge is 0.339 e. The topological polar surface area (TPSA) is 72.8 Å². The fourth-order valence-electron chi connectivity index (χ4n) is 2.87. The van der Waals surface area contributed by atoms with Gasteiger partial charge in [-0.05, 0) is 23.3 Å². The van der Waals surface area contributed by atoms with Gasteiger partial charge in [-0.1, -0.05) is 69.0 Å². The van der Waals surface area contributed by atoms with Crippen LogP contribution in [0.3, 0.4) is 0 Å². The van der Waals surface area contributed by atoms with Crippen molar-refractivity contribution in [2.75, 3.05) is 13.2 Å². The van der Waals surface area contributed by atoms with Gasteiger partial charge in [0.25, 0.3) is 0 Å². The molecule has 0 aliphatic carbocycles. The minimum Gasteiger partial charge on any atom is -0.462 e. The number of benzene rings is 2. The molecule has 2 aromatic carbocycles. The van der Waals surface area contributed by atoms with Crippen LogP contribution in [-0.4, -0.2) is 36.4 Å². The second-order valence-electron chi connectivity index (χ2n) is 6.58. The van der Waals surface area contributed by atoms with Crippen molar-refractivity contribution in [1.29, 1.82) is 0 Å². The summed E-state index contributed by atoms with van der Waals surface area (Å²) in [6, 6.07) is 12.9. The summed E-state index contributed by atoms with van der Waals surface area (Å²) in [6.45, 7) is 1.60. The summed E-state index contributed by atoms with van der Waals surface area (Å²) in [5, 5.41) is 11.2. The molecule has 5 heteroatoms. The van der Waals surface area contributed by atoms with E-state index in [1.54, 1.807) is 12.1 Å². The molecule has 0 radical (unpaired) electrons. The summed E-state index contributed by atoms with van der Waals surface area (Å²) < 4.78 is 10.5. The molecule has 2 rings (SSSR count). The predicted octanol–water partition coefficient (Wildman–Crippen LogP) is 4.26. The predicted molar refractivity (Wildman–Crippen MR) is 105 cm³/mol. The normalized spacial score (nSPS) is 11.9. The van der Waals surface area contributed by atoms with Gasteiger partial charge >= 0.3 is 11.9 Å². The molecule has 27 heavy (non-hydrogen) atoms. The van der Waals surface area contributed by atoms with Gasteiger partial charge in [0.2, 0.25) is 0 Å². The maximum absolute atomic E-state index is 12.5. The lowest BCUT2D eigenvalue weighted by Crippen LogP contribution is -2.28. The van der Waals surface area contributed by atoms with Gasteiger partial charge in [0.1, 0.15) is 6.61 Å². The van der Waals surface area contributed by atoms with Gasteiger partial charge in [-0.25, -0.2) is 4.79 Å². The lowest BCUT2D eigenvalue weighted by molar-refractivity contribution is -0.147. The number of aliphatic hydroxyl groups excluding tert-OH is 1. The van der Waals surface area contributed by atoms with Crippen LogP contribution in [0.1, 0.15) is 55.8 Å². The van der Waals surface area contributed by atoms with Crippen molar-refractivity contribution in [3.63, 3.8) is 0 Å². The number of fused-ring (bicyclic) bond motifs is 1. The molecule has 0 heterocycles. The van der Waals surface area contributed by atoms with Crippen molar-refractivity contribution in [2.45, 2.75) is 51.6 Å². The van der Waals surface area contributed by atoms with E-state index in [1.807, 2.05) is 30.3 Å². The highest BCUT2D eigenvalue weighted by atomic mass is 16.6. The van der Waals surface area contributed by atoms with Gasteiger partial charge in [0, 0.05) is 6.42 Å². The van der Waals surface area contributed by atoms with Crippen molar-refractivity contribution in [2.24, 2.45) is 0 Å². The lowest BCUT2D eigenvalue weighted by atomic mass is 10.0. The highest BCUT2D eigenvalue weighted by molar-refractivity contribution is 6.04. The number of carbonyl (C=O) groups is 2. The van der Waals surface area contributed by atoms with Gasteiger partial charge in [-0.3, -0.25) is 4.79 Å². The highest BCUT2D eigenvalue weighted by Gasteiger charge is 2.19. The van der Waals surface area contributed by atoms with E-state index >= 15 is 0 Å². The lowest BCUT2D eigenvalue weighted by Gasteiger charge is -2.16. The van der Waals surface area contributed by atoms with Crippen LogP contribution in [0.25, 0.3) is 10.8 Å². The number of rotatable bonds is 11. The zero-order chi connectivity index (χ0) is 19.5. The first-order valence-electron chi connectivity index (χ1n) is 9.61. The first kappa shape index (κ1) is 20.9. The zero-order valence-electron chi connectivity index (χ0n) is 15.9. The fourth-order valence-corrected chi connectivity index (χ4v) is 2.87. The second-order valence-corrected chi connectivity index (χ2v) is 6.58. The molecule has 0 bridgehead atoms. The van der Waals surface area contributed by atoms with E-state index in [0.29, 0.717) is 12.0 Å². The van der Waals surface area contributed by atoms with Crippen LogP contribution in [0.15, 0.2) is 42.5 Å². The quantitative estimate of drug-likeness (QED) is 0.471. The summed E-state index contributed by atoms with van der Waals surface area (Å²) >= 11 is 0. The number of hydrogen-bond acceptors (Lipinski definition) is 5. The number of unbranched alkanes of at least 4 members (excludes halogenated alkanes) is 4. The van der Waals surface area contributed by atoms with Crippen LogP contribution in [0.2, 0.25) is 0 Å². The molecular weight excluding hydrogens is 344 g/mol. The van der Waals surface area contributed by atoms with Crippen LogP contribution < -0.4 is 0 Å². The Bertz CT molecular complexity index is 735. The number of ether oxygens (including phenoxy) is 2. The molecule has 1 unspecified atom stereocenters. The third-order valence-electron chi connectivity index (χ3n) is 4.40. The van der Waals surface area contributed by atoms with E-state index in [2.05, 4.69) is 6.92 Å². The molecule has 0 fully saturated rings. The SMILES string of the molecule is CCCCCCCC(=O)OCC(CO)OC(=O)c1cccc2ccccc12. The van der Waals surface area contributed by atoms with Crippen molar-refractivity contribution in [3.8, 4) is 0 Å². The number of hydrogen-bond donors (Lipinski definition) is 1. The van der Waals surface area contributed by atoms with E-state index in [1.165, 1.54) is 6.42 Å². The molecule has 2 aromatic rings. The molecule has 0 aromatic heterocycles. The standard InChI is InChI=1S/C22H28O5/c1-2-3-4-5-6-14-21(24)26-16-18(15-23)27-22(25)20-13-9-11-17-10-7-8-12-19(17)20/h7-13,18,23H,2-6,14-16H2,1H3. The third kappa shape index (κ3) is 6.68. The monoisotopic (exact) mass is 372 g/mol. The maximum atomic E-state index is 12.5. The molecule has 0 aliphatic heterocycles.